The molecule has 0 fully saturated rings. The van der Waals surface area contributed by atoms with Crippen LogP contribution in [0.4, 0.5) is 0 Å². The van der Waals surface area contributed by atoms with Crippen molar-refractivity contribution in [2.45, 2.75) is 97.5 Å². The van der Waals surface area contributed by atoms with Crippen molar-refractivity contribution in [3.8, 4) is 9.75 Å². The molecule has 3 heteroatoms. The van der Waals surface area contributed by atoms with Crippen molar-refractivity contribution in [2.75, 3.05) is 0 Å². The third-order valence-electron chi connectivity index (χ3n) is 6.25. The maximum absolute atomic E-state index is 12.2. The standard InChI is InChI=1S/C25H40OS2/c1-5-9-12-20(7-3)18-25(26,19-21(8-4)13-10-6-2)22-15-17-28-24(22)23-14-11-16-27-23/h11,14-17,20-21,26H,5-10,12-13,18-19H2,1-4H3. The van der Waals surface area contributed by atoms with Crippen LogP contribution in [0.15, 0.2) is 29.0 Å². The van der Waals surface area contributed by atoms with E-state index in [1.807, 2.05) is 0 Å². The van der Waals surface area contributed by atoms with Crippen LogP contribution in [-0.2, 0) is 5.60 Å². The Bertz CT molecular complexity index is 625. The van der Waals surface area contributed by atoms with Gasteiger partial charge in [0.1, 0.15) is 0 Å². The van der Waals surface area contributed by atoms with Crippen LogP contribution in [0.3, 0.4) is 0 Å². The van der Waals surface area contributed by atoms with Gasteiger partial charge >= 0.3 is 0 Å². The predicted octanol–water partition coefficient (Wildman–Crippen LogP) is 8.88. The summed E-state index contributed by atoms with van der Waals surface area (Å²) in [5.41, 5.74) is 0.479. The smallest absolute Gasteiger partial charge is 0.0916 e. The van der Waals surface area contributed by atoms with Gasteiger partial charge in [-0.1, -0.05) is 85.1 Å². The van der Waals surface area contributed by atoms with Crippen LogP contribution < -0.4 is 0 Å². The van der Waals surface area contributed by atoms with E-state index in [9.17, 15) is 5.11 Å². The maximum atomic E-state index is 12.2. The fourth-order valence-electron chi connectivity index (χ4n) is 4.42. The molecule has 28 heavy (non-hydrogen) atoms. The lowest BCUT2D eigenvalue weighted by molar-refractivity contribution is -0.0153. The molecule has 0 amide bonds. The van der Waals surface area contributed by atoms with Crippen molar-refractivity contribution in [3.63, 3.8) is 0 Å². The van der Waals surface area contributed by atoms with E-state index < -0.39 is 5.60 Å². The number of hydrogen-bond acceptors (Lipinski definition) is 3. The lowest BCUT2D eigenvalue weighted by atomic mass is 9.75. The molecule has 0 aliphatic rings. The molecule has 1 N–H and O–H groups in total. The van der Waals surface area contributed by atoms with Crippen LogP contribution in [0.25, 0.3) is 9.75 Å². The lowest BCUT2D eigenvalue weighted by Crippen LogP contribution is -2.32. The predicted molar refractivity (Wildman–Crippen MR) is 127 cm³/mol. The number of unbranched alkanes of at least 4 members (excludes halogenated alkanes) is 2. The van der Waals surface area contributed by atoms with Crippen LogP contribution >= 0.6 is 22.7 Å². The topological polar surface area (TPSA) is 20.2 Å². The molecule has 0 bridgehead atoms. The quantitative estimate of drug-likeness (QED) is 0.323. The number of aliphatic hydroxyl groups is 1. The van der Waals surface area contributed by atoms with Gasteiger partial charge in [-0.05, 0) is 47.6 Å². The first-order chi connectivity index (χ1) is 13.6. The van der Waals surface area contributed by atoms with Crippen LogP contribution in [0.1, 0.15) is 97.5 Å². The Morgan fingerprint density at radius 1 is 0.857 bits per heavy atom. The third-order valence-corrected chi connectivity index (χ3v) is 8.22. The van der Waals surface area contributed by atoms with Gasteiger partial charge in [-0.2, -0.15) is 0 Å². The number of rotatable bonds is 14. The van der Waals surface area contributed by atoms with Crippen molar-refractivity contribution in [1.29, 1.82) is 0 Å². The summed E-state index contributed by atoms with van der Waals surface area (Å²) in [4.78, 5) is 2.58. The summed E-state index contributed by atoms with van der Waals surface area (Å²) in [6.07, 6.45) is 11.6. The second kappa shape index (κ2) is 12.1. The minimum atomic E-state index is -0.706. The molecule has 2 atom stereocenters. The molecule has 0 aromatic carbocycles. The molecule has 158 valence electrons. The number of hydrogen-bond donors (Lipinski definition) is 1. The second-order valence-corrected chi connectivity index (χ2v) is 10.3. The molecule has 0 aliphatic heterocycles. The highest BCUT2D eigenvalue weighted by molar-refractivity contribution is 7.20. The van der Waals surface area contributed by atoms with Crippen molar-refractivity contribution in [1.82, 2.24) is 0 Å². The Balaban J connectivity index is 2.34. The van der Waals surface area contributed by atoms with E-state index in [0.717, 1.165) is 25.7 Å². The Morgan fingerprint density at radius 2 is 1.46 bits per heavy atom. The summed E-state index contributed by atoms with van der Waals surface area (Å²) in [6.45, 7) is 9.13. The molecule has 0 spiro atoms. The Kier molecular flexibility index (Phi) is 10.3. The summed E-state index contributed by atoms with van der Waals surface area (Å²) < 4.78 is 0. The van der Waals surface area contributed by atoms with Gasteiger partial charge in [0.2, 0.25) is 0 Å². The highest BCUT2D eigenvalue weighted by Gasteiger charge is 2.36. The van der Waals surface area contributed by atoms with E-state index in [-0.39, 0.29) is 0 Å². The lowest BCUT2D eigenvalue weighted by Gasteiger charge is -2.35. The maximum Gasteiger partial charge on any atom is 0.0916 e. The molecule has 2 unspecified atom stereocenters. The SMILES string of the molecule is CCCCC(CC)CC(O)(CC(CC)CCCC)c1ccsc1-c1cccs1. The average molecular weight is 421 g/mol. The van der Waals surface area contributed by atoms with Gasteiger partial charge in [0.15, 0.2) is 0 Å². The molecule has 2 rings (SSSR count). The van der Waals surface area contributed by atoms with Crippen molar-refractivity contribution in [2.24, 2.45) is 11.8 Å². The molecular formula is C25H40OS2. The molecule has 2 aromatic heterocycles. The monoisotopic (exact) mass is 420 g/mol. The third kappa shape index (κ3) is 6.43. The highest BCUT2D eigenvalue weighted by atomic mass is 32.1. The van der Waals surface area contributed by atoms with Crippen molar-refractivity contribution >= 4 is 22.7 Å². The highest BCUT2D eigenvalue weighted by Crippen LogP contribution is 2.46. The van der Waals surface area contributed by atoms with Gasteiger partial charge in [-0.15, -0.1) is 22.7 Å². The zero-order chi connectivity index (χ0) is 20.4. The summed E-state index contributed by atoms with van der Waals surface area (Å²) in [7, 11) is 0. The molecule has 0 saturated heterocycles. The first-order valence-electron chi connectivity index (χ1n) is 11.4. The van der Waals surface area contributed by atoms with Crippen molar-refractivity contribution in [3.05, 3.63) is 34.5 Å². The van der Waals surface area contributed by atoms with Gasteiger partial charge in [0.05, 0.1) is 10.5 Å². The van der Waals surface area contributed by atoms with Gasteiger partial charge in [-0.25, -0.2) is 0 Å². The largest absolute Gasteiger partial charge is 0.385 e. The first-order valence-corrected chi connectivity index (χ1v) is 13.2. The molecular weight excluding hydrogens is 380 g/mol. The van der Waals surface area contributed by atoms with Crippen LogP contribution in [-0.4, -0.2) is 5.11 Å². The minimum absolute atomic E-state index is 0.602. The summed E-state index contributed by atoms with van der Waals surface area (Å²) in [6, 6.07) is 6.52. The number of thiophene rings is 2. The van der Waals surface area contributed by atoms with Crippen LogP contribution in [0.2, 0.25) is 0 Å². The molecule has 2 heterocycles. The Morgan fingerprint density at radius 3 is 1.93 bits per heavy atom. The zero-order valence-electron chi connectivity index (χ0n) is 18.4. The van der Waals surface area contributed by atoms with Crippen LogP contribution in [0.5, 0.6) is 0 Å². The fourth-order valence-corrected chi connectivity index (χ4v) is 6.30. The molecule has 0 aliphatic carbocycles. The van der Waals surface area contributed by atoms with Gasteiger partial charge in [0.25, 0.3) is 0 Å². The van der Waals surface area contributed by atoms with Gasteiger partial charge in [-0.3, -0.25) is 0 Å². The molecule has 1 nitrogen and oxygen atoms in total. The Labute approximate surface area is 181 Å². The van der Waals surface area contributed by atoms with Crippen LogP contribution in [0, 0.1) is 11.8 Å². The summed E-state index contributed by atoms with van der Waals surface area (Å²) in [5.74, 6) is 1.20. The van der Waals surface area contributed by atoms with Crippen molar-refractivity contribution < 1.29 is 5.11 Å². The minimum Gasteiger partial charge on any atom is -0.385 e. The van der Waals surface area contributed by atoms with E-state index in [1.165, 1.54) is 53.8 Å². The zero-order valence-corrected chi connectivity index (χ0v) is 20.0. The van der Waals surface area contributed by atoms with E-state index in [1.54, 1.807) is 22.7 Å². The summed E-state index contributed by atoms with van der Waals surface area (Å²) in [5, 5.41) is 16.5. The Hall–Kier alpha value is -0.640. The van der Waals surface area contributed by atoms with E-state index in [0.29, 0.717) is 11.8 Å². The molecule has 0 radical (unpaired) electrons. The van der Waals surface area contributed by atoms with E-state index in [4.69, 9.17) is 0 Å². The van der Waals surface area contributed by atoms with Gasteiger partial charge < -0.3 is 5.11 Å². The average Bonchev–Trinajstić information content (AvgIpc) is 3.39. The fraction of sp³-hybridized carbons (Fsp3) is 0.680. The molecule has 2 aromatic rings. The second-order valence-electron chi connectivity index (χ2n) is 8.41. The van der Waals surface area contributed by atoms with E-state index in [2.05, 4.69) is 56.7 Å². The molecule has 0 saturated carbocycles. The first kappa shape index (κ1) is 23.6. The summed E-state index contributed by atoms with van der Waals surface area (Å²) >= 11 is 3.58. The van der Waals surface area contributed by atoms with E-state index >= 15 is 0 Å². The normalized spacial score (nSPS) is 16.0. The van der Waals surface area contributed by atoms with Gasteiger partial charge in [0, 0.05) is 10.4 Å².